The molecule has 0 amide bonds. The van der Waals surface area contributed by atoms with Crippen LogP contribution in [0.15, 0.2) is 29.8 Å². The van der Waals surface area contributed by atoms with Gasteiger partial charge in [0, 0.05) is 5.56 Å². The van der Waals surface area contributed by atoms with E-state index in [2.05, 4.69) is 18.3 Å². The van der Waals surface area contributed by atoms with Gasteiger partial charge in [-0.1, -0.05) is 30.5 Å². The highest BCUT2D eigenvalue weighted by Crippen LogP contribution is 2.15. The van der Waals surface area contributed by atoms with Crippen LogP contribution in [-0.4, -0.2) is 5.16 Å². The number of nitrogens with zero attached hydrogens (tertiary/aromatic N) is 1. The van der Waals surface area contributed by atoms with E-state index >= 15 is 0 Å². The summed E-state index contributed by atoms with van der Waals surface area (Å²) < 4.78 is 4.99. The molecule has 2 heteroatoms. The molecule has 0 saturated heterocycles. The lowest BCUT2D eigenvalue weighted by molar-refractivity contribution is 0.408. The molecular weight excluding hydrogens is 150 g/mol. The fraction of sp³-hybridized carbons (Fsp3) is 0.100. The number of allylic oxidation sites excluding steroid dienone is 2. The molecule has 0 saturated carbocycles. The van der Waals surface area contributed by atoms with Crippen LogP contribution < -0.4 is 0 Å². The fourth-order valence-electron chi connectivity index (χ4n) is 0.909. The van der Waals surface area contributed by atoms with Crippen LogP contribution in [0.1, 0.15) is 17.0 Å². The maximum absolute atomic E-state index is 4.99. The summed E-state index contributed by atoms with van der Waals surface area (Å²) in [5.41, 5.74) is 1.83. The number of aromatic nitrogens is 1. The molecule has 0 radical (unpaired) electrons. The molecule has 1 aromatic rings. The average Bonchev–Trinajstić information content (AvgIpc) is 2.43. The van der Waals surface area contributed by atoms with Gasteiger partial charge in [-0.05, 0) is 19.1 Å². The Morgan fingerprint density at radius 1 is 1.42 bits per heavy atom. The van der Waals surface area contributed by atoms with Crippen molar-refractivity contribution in [3.05, 3.63) is 42.3 Å². The van der Waals surface area contributed by atoms with Gasteiger partial charge >= 0.3 is 0 Å². The Kier molecular flexibility index (Phi) is 2.64. The third-order valence-electron chi connectivity index (χ3n) is 1.52. The second-order valence-corrected chi connectivity index (χ2v) is 2.34. The van der Waals surface area contributed by atoms with Crippen molar-refractivity contribution in [2.45, 2.75) is 6.92 Å². The molecule has 0 spiro atoms. The minimum Gasteiger partial charge on any atom is -0.356 e. The molecule has 1 rings (SSSR count). The Bertz CT molecular complexity index is 321. The fourth-order valence-corrected chi connectivity index (χ4v) is 0.909. The van der Waals surface area contributed by atoms with Gasteiger partial charge in [0.15, 0.2) is 5.76 Å². The van der Waals surface area contributed by atoms with Crippen molar-refractivity contribution in [1.29, 1.82) is 0 Å². The van der Waals surface area contributed by atoms with Crippen LogP contribution in [0.3, 0.4) is 0 Å². The second kappa shape index (κ2) is 3.72. The van der Waals surface area contributed by atoms with Crippen molar-refractivity contribution in [3.63, 3.8) is 0 Å². The summed E-state index contributed by atoms with van der Waals surface area (Å²) in [6.45, 7) is 9.09. The van der Waals surface area contributed by atoms with Crippen LogP contribution in [0.4, 0.5) is 0 Å². The van der Waals surface area contributed by atoms with Crippen molar-refractivity contribution in [2.75, 3.05) is 0 Å². The lowest BCUT2D eigenvalue weighted by Crippen LogP contribution is -1.75. The Balaban J connectivity index is 3.09. The van der Waals surface area contributed by atoms with E-state index in [4.69, 9.17) is 4.52 Å². The Morgan fingerprint density at radius 2 is 2.17 bits per heavy atom. The molecule has 2 nitrogen and oxygen atoms in total. The van der Waals surface area contributed by atoms with E-state index in [1.54, 1.807) is 12.2 Å². The lowest BCUT2D eigenvalue weighted by atomic mass is 10.2. The summed E-state index contributed by atoms with van der Waals surface area (Å²) in [5.74, 6) is 0.700. The van der Waals surface area contributed by atoms with Gasteiger partial charge in [-0.2, -0.15) is 0 Å². The summed E-state index contributed by atoms with van der Waals surface area (Å²) >= 11 is 0. The molecule has 0 bridgehead atoms. The first kappa shape index (κ1) is 8.53. The molecule has 12 heavy (non-hydrogen) atoms. The van der Waals surface area contributed by atoms with Crippen LogP contribution in [0.25, 0.3) is 12.2 Å². The van der Waals surface area contributed by atoms with Gasteiger partial charge in [-0.15, -0.1) is 0 Å². The maximum atomic E-state index is 4.99. The van der Waals surface area contributed by atoms with Crippen LogP contribution in [0, 0.1) is 6.92 Å². The summed E-state index contributed by atoms with van der Waals surface area (Å²) in [6, 6.07) is 0. The molecular formula is C10H11NO. The Morgan fingerprint density at radius 3 is 2.75 bits per heavy atom. The normalized spacial score (nSPS) is 10.4. The third-order valence-corrected chi connectivity index (χ3v) is 1.52. The molecule has 62 valence electrons. The van der Waals surface area contributed by atoms with E-state index in [-0.39, 0.29) is 0 Å². The summed E-state index contributed by atoms with van der Waals surface area (Å²) in [4.78, 5) is 0. The van der Waals surface area contributed by atoms with E-state index in [1.165, 1.54) is 0 Å². The standard InChI is InChI=1S/C10H11NO/c1-4-6-7-9-8(3)11-12-10(9)5-2/h4-7H,1-2H2,3H3/b7-6-. The summed E-state index contributed by atoms with van der Waals surface area (Å²) in [5, 5.41) is 3.81. The summed E-state index contributed by atoms with van der Waals surface area (Å²) in [6.07, 6.45) is 7.09. The number of hydrogen-bond acceptors (Lipinski definition) is 2. The molecule has 1 aromatic heterocycles. The van der Waals surface area contributed by atoms with Gasteiger partial charge in [0.2, 0.25) is 0 Å². The molecule has 0 fully saturated rings. The Labute approximate surface area is 71.9 Å². The summed E-state index contributed by atoms with van der Waals surface area (Å²) in [7, 11) is 0. The molecule has 0 aromatic carbocycles. The van der Waals surface area contributed by atoms with Crippen LogP contribution in [0.2, 0.25) is 0 Å². The van der Waals surface area contributed by atoms with Gasteiger partial charge in [-0.3, -0.25) is 0 Å². The van der Waals surface area contributed by atoms with E-state index in [9.17, 15) is 0 Å². The lowest BCUT2D eigenvalue weighted by Gasteiger charge is -1.87. The molecule has 0 atom stereocenters. The van der Waals surface area contributed by atoms with Crippen LogP contribution in [0.5, 0.6) is 0 Å². The first-order valence-electron chi connectivity index (χ1n) is 3.67. The molecule has 0 aliphatic carbocycles. The number of rotatable bonds is 3. The minimum absolute atomic E-state index is 0.700. The highest BCUT2D eigenvalue weighted by Gasteiger charge is 2.05. The largest absolute Gasteiger partial charge is 0.356 e. The maximum Gasteiger partial charge on any atom is 0.166 e. The molecule has 0 unspecified atom stereocenters. The van der Waals surface area contributed by atoms with Crippen LogP contribution >= 0.6 is 0 Å². The van der Waals surface area contributed by atoms with Crippen molar-refractivity contribution in [3.8, 4) is 0 Å². The second-order valence-electron chi connectivity index (χ2n) is 2.34. The number of aryl methyl sites for hydroxylation is 1. The molecule has 0 N–H and O–H groups in total. The van der Waals surface area contributed by atoms with Crippen molar-refractivity contribution < 1.29 is 4.52 Å². The zero-order valence-electron chi connectivity index (χ0n) is 7.08. The van der Waals surface area contributed by atoms with Gasteiger partial charge in [-0.25, -0.2) is 0 Å². The van der Waals surface area contributed by atoms with Crippen LogP contribution in [-0.2, 0) is 0 Å². The molecule has 0 aliphatic heterocycles. The van der Waals surface area contributed by atoms with E-state index in [0.29, 0.717) is 5.76 Å². The first-order valence-corrected chi connectivity index (χ1v) is 3.67. The smallest absolute Gasteiger partial charge is 0.166 e. The Hall–Kier alpha value is -1.57. The van der Waals surface area contributed by atoms with Crippen molar-refractivity contribution in [2.24, 2.45) is 0 Å². The monoisotopic (exact) mass is 161 g/mol. The predicted molar refractivity (Wildman–Crippen MR) is 50.6 cm³/mol. The van der Waals surface area contributed by atoms with Gasteiger partial charge in [0.05, 0.1) is 5.69 Å². The van der Waals surface area contributed by atoms with Crippen molar-refractivity contribution in [1.82, 2.24) is 5.16 Å². The molecule has 1 heterocycles. The average molecular weight is 161 g/mol. The topological polar surface area (TPSA) is 26.0 Å². The molecule has 0 aliphatic rings. The zero-order chi connectivity index (χ0) is 8.97. The quantitative estimate of drug-likeness (QED) is 0.637. The van der Waals surface area contributed by atoms with Crippen molar-refractivity contribution >= 4 is 12.2 Å². The van der Waals surface area contributed by atoms with Gasteiger partial charge in [0.1, 0.15) is 0 Å². The minimum atomic E-state index is 0.700. The first-order chi connectivity index (χ1) is 5.79. The third kappa shape index (κ3) is 1.53. The SMILES string of the molecule is C=C/C=C\c1c(C)noc1C=C. The van der Waals surface area contributed by atoms with E-state index in [0.717, 1.165) is 11.3 Å². The van der Waals surface area contributed by atoms with E-state index in [1.807, 2.05) is 19.1 Å². The zero-order valence-corrected chi connectivity index (χ0v) is 7.08. The highest BCUT2D eigenvalue weighted by atomic mass is 16.5. The number of hydrogen-bond donors (Lipinski definition) is 0. The predicted octanol–water partition coefficient (Wildman–Crippen LogP) is 2.83. The van der Waals surface area contributed by atoms with E-state index < -0.39 is 0 Å². The van der Waals surface area contributed by atoms with Gasteiger partial charge in [0.25, 0.3) is 0 Å². The van der Waals surface area contributed by atoms with Gasteiger partial charge < -0.3 is 4.52 Å². The highest BCUT2D eigenvalue weighted by molar-refractivity contribution is 5.62.